The molecule has 1 N–H and O–H groups in total. The number of benzene rings is 1. The van der Waals surface area contributed by atoms with Crippen molar-refractivity contribution >= 4 is 34.7 Å². The lowest BCUT2D eigenvalue weighted by Crippen LogP contribution is -2.32. The van der Waals surface area contributed by atoms with Gasteiger partial charge in [-0.1, -0.05) is 23.7 Å². The third-order valence-electron chi connectivity index (χ3n) is 5.34. The van der Waals surface area contributed by atoms with Crippen LogP contribution in [0.4, 0.5) is 0 Å². The molecular weight excluding hydrogens is 406 g/mol. The van der Waals surface area contributed by atoms with Gasteiger partial charge in [0, 0.05) is 30.2 Å². The lowest BCUT2D eigenvalue weighted by molar-refractivity contribution is -0.113. The summed E-state index contributed by atoms with van der Waals surface area (Å²) in [5.74, 6) is -0.196. The molecular formula is C22H20ClN3O4. The topological polar surface area (TPSA) is 90.3 Å². The molecule has 1 aliphatic rings. The summed E-state index contributed by atoms with van der Waals surface area (Å²) in [5.41, 5.74) is 0.491. The lowest BCUT2D eigenvalue weighted by atomic mass is 10.1. The van der Waals surface area contributed by atoms with Crippen molar-refractivity contribution in [3.05, 3.63) is 69.1 Å². The van der Waals surface area contributed by atoms with E-state index in [0.29, 0.717) is 15.9 Å². The molecule has 2 aromatic heterocycles. The molecule has 0 spiro atoms. The molecule has 0 radical (unpaired) electrons. The van der Waals surface area contributed by atoms with Gasteiger partial charge in [0.1, 0.15) is 24.0 Å². The summed E-state index contributed by atoms with van der Waals surface area (Å²) >= 11 is 5.87. The molecule has 154 valence electrons. The van der Waals surface area contributed by atoms with Crippen LogP contribution in [0.1, 0.15) is 28.8 Å². The molecule has 0 bridgehead atoms. The maximum absolute atomic E-state index is 12.8. The zero-order valence-corrected chi connectivity index (χ0v) is 17.1. The Morgan fingerprint density at radius 2 is 2.03 bits per heavy atom. The highest BCUT2D eigenvalue weighted by molar-refractivity contribution is 6.30. The molecule has 0 aliphatic heterocycles. The van der Waals surface area contributed by atoms with Crippen LogP contribution in [-0.2, 0) is 18.4 Å². The third-order valence-corrected chi connectivity index (χ3v) is 5.59. The summed E-state index contributed by atoms with van der Waals surface area (Å²) in [6.45, 7) is 0.496. The van der Waals surface area contributed by atoms with Crippen molar-refractivity contribution in [1.82, 2.24) is 14.9 Å². The second kappa shape index (κ2) is 7.91. The number of ether oxygens (including phenoxy) is 1. The molecule has 8 heteroatoms. The fourth-order valence-electron chi connectivity index (χ4n) is 3.22. The molecule has 4 rings (SSSR count). The summed E-state index contributed by atoms with van der Waals surface area (Å²) in [7, 11) is 1.57. The number of aldehydes is 1. The predicted molar refractivity (Wildman–Crippen MR) is 113 cm³/mol. The average Bonchev–Trinajstić information content (AvgIpc) is 3.54. The highest BCUT2D eigenvalue weighted by Crippen LogP contribution is 2.43. The quantitative estimate of drug-likeness (QED) is 0.588. The molecule has 7 nitrogen and oxygen atoms in total. The minimum Gasteiger partial charge on any atom is -0.475 e. The van der Waals surface area contributed by atoms with Gasteiger partial charge in [-0.15, -0.1) is 0 Å². The number of carbonyl (C=O) groups excluding carboxylic acids is 2. The highest BCUT2D eigenvalue weighted by atomic mass is 35.5. The van der Waals surface area contributed by atoms with Gasteiger partial charge in [-0.25, -0.2) is 4.98 Å². The van der Waals surface area contributed by atoms with E-state index in [4.69, 9.17) is 16.3 Å². The second-order valence-corrected chi connectivity index (χ2v) is 7.99. The number of hydrogen-bond acceptors (Lipinski definition) is 5. The van der Waals surface area contributed by atoms with Gasteiger partial charge in [-0.2, -0.15) is 0 Å². The van der Waals surface area contributed by atoms with Gasteiger partial charge >= 0.3 is 0 Å². The van der Waals surface area contributed by atoms with Crippen LogP contribution in [0, 0.1) is 5.41 Å². The molecule has 1 fully saturated rings. The molecule has 0 atom stereocenters. The number of fused-ring (bicyclic) bond motifs is 1. The van der Waals surface area contributed by atoms with Crippen LogP contribution >= 0.6 is 11.6 Å². The summed E-state index contributed by atoms with van der Waals surface area (Å²) in [5, 5.41) is 4.02. The number of hydrogen-bond donors (Lipinski definition) is 1. The van der Waals surface area contributed by atoms with E-state index >= 15 is 0 Å². The van der Waals surface area contributed by atoms with Gasteiger partial charge in [0.2, 0.25) is 5.88 Å². The summed E-state index contributed by atoms with van der Waals surface area (Å²) in [4.78, 5) is 40.9. The second-order valence-electron chi connectivity index (χ2n) is 7.55. The normalized spacial score (nSPS) is 14.3. The van der Waals surface area contributed by atoms with Crippen molar-refractivity contribution in [2.24, 2.45) is 12.5 Å². The monoisotopic (exact) mass is 425 g/mol. The van der Waals surface area contributed by atoms with E-state index in [9.17, 15) is 14.4 Å². The van der Waals surface area contributed by atoms with Crippen molar-refractivity contribution in [3.63, 3.8) is 0 Å². The number of carbonyl (C=O) groups is 2. The Morgan fingerprint density at radius 1 is 1.30 bits per heavy atom. The van der Waals surface area contributed by atoms with E-state index in [2.05, 4.69) is 10.3 Å². The van der Waals surface area contributed by atoms with Gasteiger partial charge in [0.05, 0.1) is 5.41 Å². The Hall–Kier alpha value is -3.19. The van der Waals surface area contributed by atoms with E-state index in [0.717, 1.165) is 24.7 Å². The summed E-state index contributed by atoms with van der Waals surface area (Å²) in [6, 6.07) is 10.3. The fraction of sp³-hybridized carbons (Fsp3) is 0.273. The number of aromatic nitrogens is 2. The number of nitrogens with zero attached hydrogens (tertiary/aromatic N) is 2. The van der Waals surface area contributed by atoms with Crippen LogP contribution in [0.2, 0.25) is 5.02 Å². The van der Waals surface area contributed by atoms with Gasteiger partial charge in [-0.05, 0) is 42.7 Å². The number of amides is 1. The standard InChI is InChI=1S/C22H20ClN3O4/c1-26-18-15(6-9-24-20(18)30-13-22(12-27)7-8-22)10-17(21(26)29)19(28)25-11-14-2-4-16(23)5-3-14/h2-6,9-10,12H,7-8,11,13H2,1H3,(H,25,28). The Bertz CT molecular complexity index is 1180. The first-order valence-corrected chi connectivity index (χ1v) is 9.91. The zero-order chi connectivity index (χ0) is 21.3. The van der Waals surface area contributed by atoms with Crippen molar-refractivity contribution in [2.45, 2.75) is 19.4 Å². The SMILES string of the molecule is Cn1c(=O)c(C(=O)NCc2ccc(Cl)cc2)cc2ccnc(OCC3(C=O)CC3)c21. The number of halogens is 1. The Balaban J connectivity index is 1.59. The van der Waals surface area contributed by atoms with Crippen molar-refractivity contribution in [3.8, 4) is 5.88 Å². The zero-order valence-electron chi connectivity index (χ0n) is 16.4. The van der Waals surface area contributed by atoms with E-state index in [1.807, 2.05) is 12.1 Å². The van der Waals surface area contributed by atoms with Gasteiger partial charge in [0.15, 0.2) is 0 Å². The number of rotatable bonds is 7. The van der Waals surface area contributed by atoms with Gasteiger partial charge in [-0.3, -0.25) is 9.59 Å². The predicted octanol–water partition coefficient (Wildman–Crippen LogP) is 2.87. The average molecular weight is 426 g/mol. The molecule has 1 aliphatic carbocycles. The molecule has 0 saturated heterocycles. The largest absolute Gasteiger partial charge is 0.475 e. The number of pyridine rings is 2. The minimum absolute atomic E-state index is 0.0302. The van der Waals surface area contributed by atoms with Gasteiger partial charge < -0.3 is 19.4 Å². The summed E-state index contributed by atoms with van der Waals surface area (Å²) < 4.78 is 7.13. The minimum atomic E-state index is -0.468. The smallest absolute Gasteiger partial charge is 0.263 e. The van der Waals surface area contributed by atoms with Crippen LogP contribution < -0.4 is 15.6 Å². The maximum Gasteiger partial charge on any atom is 0.263 e. The van der Waals surface area contributed by atoms with E-state index in [-0.39, 0.29) is 24.6 Å². The van der Waals surface area contributed by atoms with Gasteiger partial charge in [0.25, 0.3) is 11.5 Å². The maximum atomic E-state index is 12.8. The van der Waals surface area contributed by atoms with E-state index < -0.39 is 16.9 Å². The molecule has 1 amide bonds. The van der Waals surface area contributed by atoms with Crippen molar-refractivity contribution in [2.75, 3.05) is 6.61 Å². The van der Waals surface area contributed by atoms with Crippen LogP contribution in [0.25, 0.3) is 10.9 Å². The first kappa shape index (κ1) is 20.1. The van der Waals surface area contributed by atoms with E-state index in [1.165, 1.54) is 10.6 Å². The van der Waals surface area contributed by atoms with E-state index in [1.54, 1.807) is 31.4 Å². The molecule has 0 unspecified atom stereocenters. The lowest BCUT2D eigenvalue weighted by Gasteiger charge is -2.14. The third kappa shape index (κ3) is 3.93. The molecule has 2 heterocycles. The van der Waals surface area contributed by atoms with Crippen molar-refractivity contribution < 1.29 is 14.3 Å². The molecule has 1 saturated carbocycles. The number of nitrogens with one attached hydrogen (secondary N) is 1. The van der Waals surface area contributed by atoms with Crippen LogP contribution in [-0.4, -0.2) is 28.4 Å². The summed E-state index contributed by atoms with van der Waals surface area (Å²) in [6.07, 6.45) is 4.05. The van der Waals surface area contributed by atoms with Crippen LogP contribution in [0.5, 0.6) is 5.88 Å². The van der Waals surface area contributed by atoms with Crippen molar-refractivity contribution in [1.29, 1.82) is 0 Å². The number of aryl methyl sites for hydroxylation is 1. The Kier molecular flexibility index (Phi) is 5.30. The first-order valence-electron chi connectivity index (χ1n) is 9.53. The fourth-order valence-corrected chi connectivity index (χ4v) is 3.34. The highest BCUT2D eigenvalue weighted by Gasteiger charge is 2.43. The molecule has 3 aromatic rings. The molecule has 1 aromatic carbocycles. The first-order chi connectivity index (χ1) is 14.4. The molecule has 30 heavy (non-hydrogen) atoms. The van der Waals surface area contributed by atoms with Crippen LogP contribution in [0.3, 0.4) is 0 Å². The Labute approximate surface area is 177 Å². The Morgan fingerprint density at radius 3 is 2.70 bits per heavy atom. The van der Waals surface area contributed by atoms with Crippen LogP contribution in [0.15, 0.2) is 47.4 Å².